The largest absolute Gasteiger partial charge is 0.484 e. The Morgan fingerprint density at radius 1 is 1.26 bits per heavy atom. The fourth-order valence-electron chi connectivity index (χ4n) is 2.71. The third-order valence-electron chi connectivity index (χ3n) is 3.70. The van der Waals surface area contributed by atoms with Crippen LogP contribution in [0.5, 0.6) is 5.75 Å². The van der Waals surface area contributed by atoms with Gasteiger partial charge in [-0.15, -0.1) is 0 Å². The maximum atomic E-state index is 11.8. The Hall–Kier alpha value is -2.89. The predicted octanol–water partition coefficient (Wildman–Crippen LogP) is 3.65. The monoisotopic (exact) mass is 313 g/mol. The lowest BCUT2D eigenvalue weighted by Gasteiger charge is -2.28. The Morgan fingerprint density at radius 3 is 2.78 bits per heavy atom. The van der Waals surface area contributed by atoms with E-state index in [2.05, 4.69) is 0 Å². The number of carbonyl (C=O) groups is 1. The maximum absolute atomic E-state index is 11.8. The van der Waals surface area contributed by atoms with Gasteiger partial charge in [-0.25, -0.2) is 0 Å². The molecule has 0 aliphatic carbocycles. The molecule has 1 unspecified atom stereocenters. The van der Waals surface area contributed by atoms with Gasteiger partial charge in [-0.05, 0) is 24.6 Å². The quantitative estimate of drug-likeness (QED) is 0.489. The molecule has 1 aliphatic rings. The summed E-state index contributed by atoms with van der Waals surface area (Å²) in [6, 6.07) is 12.1. The maximum Gasteiger partial charge on any atom is 0.309 e. The zero-order valence-electron chi connectivity index (χ0n) is 12.5. The van der Waals surface area contributed by atoms with Crippen LogP contribution < -0.4 is 4.74 Å². The molecule has 2 aromatic rings. The first-order valence-electron chi connectivity index (χ1n) is 7.30. The molecular formula is C17H15NO5. The van der Waals surface area contributed by atoms with Crippen LogP contribution >= 0.6 is 0 Å². The molecule has 0 aromatic heterocycles. The van der Waals surface area contributed by atoms with Gasteiger partial charge in [0.1, 0.15) is 11.9 Å². The van der Waals surface area contributed by atoms with Crippen molar-refractivity contribution >= 4 is 11.7 Å². The highest BCUT2D eigenvalue weighted by Gasteiger charge is 2.29. The number of esters is 1. The number of fused-ring (bicyclic) bond motifs is 3. The first-order chi connectivity index (χ1) is 11.1. The normalized spacial score (nSPS) is 15.1. The summed E-state index contributed by atoms with van der Waals surface area (Å²) in [5, 5.41) is 11.0. The number of hydrogen-bond donors (Lipinski definition) is 0. The summed E-state index contributed by atoms with van der Waals surface area (Å²) < 4.78 is 10.9. The zero-order valence-corrected chi connectivity index (χ0v) is 12.5. The number of nitro benzene ring substituents is 1. The third kappa shape index (κ3) is 2.88. The molecule has 6 nitrogen and oxygen atoms in total. The van der Waals surface area contributed by atoms with Crippen molar-refractivity contribution in [3.05, 3.63) is 58.1 Å². The number of benzene rings is 2. The van der Waals surface area contributed by atoms with Crippen molar-refractivity contribution in [1.82, 2.24) is 0 Å². The molecule has 0 fully saturated rings. The molecule has 3 rings (SSSR count). The molecule has 0 radical (unpaired) electrons. The van der Waals surface area contributed by atoms with Crippen LogP contribution in [0, 0.1) is 10.1 Å². The SMILES string of the molecule is CCOC(=O)CC1Oc2ccccc2-c2ccc([N+](=O)[O-])cc21. The number of hydrogen-bond acceptors (Lipinski definition) is 5. The molecule has 0 saturated heterocycles. The van der Waals surface area contributed by atoms with Gasteiger partial charge < -0.3 is 9.47 Å². The summed E-state index contributed by atoms with van der Waals surface area (Å²) in [7, 11) is 0. The lowest BCUT2D eigenvalue weighted by atomic mass is 9.91. The van der Waals surface area contributed by atoms with E-state index in [9.17, 15) is 14.9 Å². The molecule has 1 heterocycles. The average Bonchev–Trinajstić information content (AvgIpc) is 2.54. The highest BCUT2D eigenvalue weighted by molar-refractivity contribution is 5.78. The molecule has 2 aromatic carbocycles. The molecule has 0 spiro atoms. The minimum Gasteiger partial charge on any atom is -0.484 e. The lowest BCUT2D eigenvalue weighted by Crippen LogP contribution is -2.19. The Kier molecular flexibility index (Phi) is 3.97. The second-order valence-corrected chi connectivity index (χ2v) is 5.14. The van der Waals surface area contributed by atoms with E-state index in [4.69, 9.17) is 9.47 Å². The Morgan fingerprint density at radius 2 is 2.04 bits per heavy atom. The van der Waals surface area contributed by atoms with Gasteiger partial charge in [0, 0.05) is 23.3 Å². The molecular weight excluding hydrogens is 298 g/mol. The predicted molar refractivity (Wildman–Crippen MR) is 83.2 cm³/mol. The fraction of sp³-hybridized carbons (Fsp3) is 0.235. The first-order valence-corrected chi connectivity index (χ1v) is 7.30. The Bertz CT molecular complexity index is 771. The lowest BCUT2D eigenvalue weighted by molar-refractivity contribution is -0.385. The highest BCUT2D eigenvalue weighted by atomic mass is 16.6. The molecule has 23 heavy (non-hydrogen) atoms. The van der Waals surface area contributed by atoms with Crippen LogP contribution in [-0.4, -0.2) is 17.5 Å². The van der Waals surface area contributed by atoms with Crippen LogP contribution in [0.25, 0.3) is 11.1 Å². The number of nitro groups is 1. The summed E-state index contributed by atoms with van der Waals surface area (Å²) in [6.07, 6.45) is -0.588. The van der Waals surface area contributed by atoms with Gasteiger partial charge in [-0.1, -0.05) is 18.2 Å². The number of non-ortho nitro benzene ring substituents is 1. The van der Waals surface area contributed by atoms with E-state index in [0.29, 0.717) is 11.3 Å². The van der Waals surface area contributed by atoms with Gasteiger partial charge in [0.25, 0.3) is 5.69 Å². The number of carbonyl (C=O) groups excluding carboxylic acids is 1. The summed E-state index contributed by atoms with van der Waals surface area (Å²) in [5.74, 6) is 0.262. The third-order valence-corrected chi connectivity index (χ3v) is 3.70. The molecule has 0 bridgehead atoms. The second-order valence-electron chi connectivity index (χ2n) is 5.14. The minimum absolute atomic E-state index is 0.0103. The van der Waals surface area contributed by atoms with Gasteiger partial charge in [0.2, 0.25) is 0 Å². The van der Waals surface area contributed by atoms with Gasteiger partial charge in [0.15, 0.2) is 0 Å². The van der Waals surface area contributed by atoms with Crippen LogP contribution in [0.15, 0.2) is 42.5 Å². The molecule has 1 atom stereocenters. The van der Waals surface area contributed by atoms with Crippen molar-refractivity contribution in [2.75, 3.05) is 6.61 Å². The molecule has 0 saturated carbocycles. The fourth-order valence-corrected chi connectivity index (χ4v) is 2.71. The summed E-state index contributed by atoms with van der Waals surface area (Å²) >= 11 is 0. The van der Waals surface area contributed by atoms with E-state index < -0.39 is 17.0 Å². The van der Waals surface area contributed by atoms with E-state index in [1.165, 1.54) is 12.1 Å². The average molecular weight is 313 g/mol. The molecule has 1 aliphatic heterocycles. The van der Waals surface area contributed by atoms with Gasteiger partial charge in [-0.3, -0.25) is 14.9 Å². The van der Waals surface area contributed by atoms with Gasteiger partial charge in [-0.2, -0.15) is 0 Å². The van der Waals surface area contributed by atoms with Crippen LogP contribution in [0.3, 0.4) is 0 Å². The smallest absolute Gasteiger partial charge is 0.309 e. The van der Waals surface area contributed by atoms with Crippen LogP contribution in [0.2, 0.25) is 0 Å². The molecule has 118 valence electrons. The van der Waals surface area contributed by atoms with Crippen LogP contribution in [-0.2, 0) is 9.53 Å². The van der Waals surface area contributed by atoms with Crippen molar-refractivity contribution in [1.29, 1.82) is 0 Å². The topological polar surface area (TPSA) is 78.7 Å². The van der Waals surface area contributed by atoms with Crippen molar-refractivity contribution in [2.24, 2.45) is 0 Å². The van der Waals surface area contributed by atoms with Crippen LogP contribution in [0.1, 0.15) is 25.0 Å². The van der Waals surface area contributed by atoms with E-state index >= 15 is 0 Å². The standard InChI is InChI=1S/C17H15NO5/c1-2-22-17(19)10-16-14-9-11(18(20)21)7-8-12(14)13-5-3-4-6-15(13)23-16/h3-9,16H,2,10H2,1H3. The number of rotatable bonds is 4. The van der Waals surface area contributed by atoms with Crippen molar-refractivity contribution < 1.29 is 19.2 Å². The summed E-state index contributed by atoms with van der Waals surface area (Å²) in [5.41, 5.74) is 2.30. The van der Waals surface area contributed by atoms with Gasteiger partial charge >= 0.3 is 5.97 Å². The number of para-hydroxylation sites is 1. The van der Waals surface area contributed by atoms with Gasteiger partial charge in [0.05, 0.1) is 18.0 Å². The highest BCUT2D eigenvalue weighted by Crippen LogP contribution is 2.44. The molecule has 6 heteroatoms. The van der Waals surface area contributed by atoms with E-state index in [1.54, 1.807) is 13.0 Å². The number of ether oxygens (including phenoxy) is 2. The summed E-state index contributed by atoms with van der Waals surface area (Å²) in [6.45, 7) is 2.01. The van der Waals surface area contributed by atoms with E-state index in [-0.39, 0.29) is 18.7 Å². The Balaban J connectivity index is 2.06. The van der Waals surface area contributed by atoms with Crippen molar-refractivity contribution in [3.63, 3.8) is 0 Å². The van der Waals surface area contributed by atoms with Crippen molar-refractivity contribution in [3.8, 4) is 16.9 Å². The zero-order chi connectivity index (χ0) is 16.4. The molecule has 0 N–H and O–H groups in total. The second kappa shape index (κ2) is 6.08. The molecule has 0 amide bonds. The minimum atomic E-state index is -0.598. The number of nitrogens with zero attached hydrogens (tertiary/aromatic N) is 1. The van der Waals surface area contributed by atoms with Crippen LogP contribution in [0.4, 0.5) is 5.69 Å². The van der Waals surface area contributed by atoms with E-state index in [1.807, 2.05) is 24.3 Å². The summed E-state index contributed by atoms with van der Waals surface area (Å²) in [4.78, 5) is 22.4. The first kappa shape index (κ1) is 15.0. The van der Waals surface area contributed by atoms with Crippen molar-refractivity contribution in [2.45, 2.75) is 19.4 Å². The Labute approximate surface area is 132 Å². The van der Waals surface area contributed by atoms with E-state index in [0.717, 1.165) is 11.1 Å².